The molecule has 1 aromatic carbocycles. The maximum absolute atomic E-state index is 6.23. The number of hydrogen-bond acceptors (Lipinski definition) is 3. The number of aliphatic imine (C=N–C) groups is 1. The Hall–Kier alpha value is -0.570. The molecule has 2 atom stereocenters. The minimum atomic E-state index is 0. The van der Waals surface area contributed by atoms with Gasteiger partial charge < -0.3 is 15.4 Å². The summed E-state index contributed by atoms with van der Waals surface area (Å²) in [4.78, 5) is 7.30. The van der Waals surface area contributed by atoms with E-state index in [1.165, 1.54) is 18.4 Å². The lowest BCUT2D eigenvalue weighted by atomic mass is 9.85. The van der Waals surface area contributed by atoms with E-state index in [0.717, 1.165) is 50.2 Å². The van der Waals surface area contributed by atoms with Gasteiger partial charge in [0.05, 0.1) is 0 Å². The van der Waals surface area contributed by atoms with Gasteiger partial charge in [-0.05, 0) is 63.4 Å². The van der Waals surface area contributed by atoms with E-state index in [4.69, 9.17) is 21.3 Å². The molecule has 2 rings (SSSR count). The molecule has 0 amide bonds. The fourth-order valence-corrected chi connectivity index (χ4v) is 3.84. The van der Waals surface area contributed by atoms with E-state index < -0.39 is 0 Å². The fraction of sp³-hybridized carbons (Fsp3) is 0.650. The molecule has 2 unspecified atom stereocenters. The first-order chi connectivity index (χ1) is 12.7. The Labute approximate surface area is 186 Å². The van der Waals surface area contributed by atoms with Crippen molar-refractivity contribution in [3.63, 3.8) is 0 Å². The van der Waals surface area contributed by atoms with Crippen molar-refractivity contribution in [1.82, 2.24) is 15.5 Å². The van der Waals surface area contributed by atoms with E-state index in [0.29, 0.717) is 12.0 Å². The van der Waals surface area contributed by atoms with Crippen molar-refractivity contribution in [2.45, 2.75) is 32.2 Å². The van der Waals surface area contributed by atoms with Crippen molar-refractivity contribution in [1.29, 1.82) is 0 Å². The number of piperidine rings is 1. The minimum Gasteiger partial charge on any atom is -0.385 e. The summed E-state index contributed by atoms with van der Waals surface area (Å²) >= 11 is 6.23. The zero-order valence-electron chi connectivity index (χ0n) is 16.7. The summed E-state index contributed by atoms with van der Waals surface area (Å²) in [5.74, 6) is 1.38. The van der Waals surface area contributed by atoms with Crippen LogP contribution in [0.5, 0.6) is 0 Å². The third-order valence-corrected chi connectivity index (χ3v) is 5.08. The molecule has 1 fully saturated rings. The number of nitrogens with one attached hydrogen (secondary N) is 2. The Morgan fingerprint density at radius 3 is 2.89 bits per heavy atom. The number of benzene rings is 1. The Morgan fingerprint density at radius 1 is 1.37 bits per heavy atom. The first-order valence-corrected chi connectivity index (χ1v) is 10.00. The van der Waals surface area contributed by atoms with Crippen LogP contribution in [0.15, 0.2) is 29.3 Å². The van der Waals surface area contributed by atoms with Crippen LogP contribution in [0.1, 0.15) is 37.8 Å². The Kier molecular flexibility index (Phi) is 12.3. The Balaban J connectivity index is 0.00000364. The van der Waals surface area contributed by atoms with Crippen LogP contribution in [0, 0.1) is 5.92 Å². The molecule has 0 saturated carbocycles. The van der Waals surface area contributed by atoms with Crippen LogP contribution >= 0.6 is 35.6 Å². The molecule has 0 radical (unpaired) electrons. The van der Waals surface area contributed by atoms with Gasteiger partial charge >= 0.3 is 0 Å². The molecule has 1 heterocycles. The molecule has 2 N–H and O–H groups in total. The van der Waals surface area contributed by atoms with E-state index in [2.05, 4.69) is 41.6 Å². The summed E-state index contributed by atoms with van der Waals surface area (Å²) in [7, 11) is 3.94. The highest BCUT2D eigenvalue weighted by molar-refractivity contribution is 14.0. The van der Waals surface area contributed by atoms with Gasteiger partial charge in [0.2, 0.25) is 0 Å². The van der Waals surface area contributed by atoms with Crippen LogP contribution in [0.2, 0.25) is 5.02 Å². The maximum atomic E-state index is 6.23. The number of likely N-dealkylation sites (tertiary alicyclic amines) is 1. The number of methoxy groups -OCH3 is 1. The van der Waals surface area contributed by atoms with E-state index in [-0.39, 0.29) is 24.0 Å². The summed E-state index contributed by atoms with van der Waals surface area (Å²) in [6.45, 7) is 6.50. The zero-order valence-corrected chi connectivity index (χ0v) is 19.8. The summed E-state index contributed by atoms with van der Waals surface area (Å²) in [5.41, 5.74) is 1.29. The summed E-state index contributed by atoms with van der Waals surface area (Å²) < 4.78 is 5.11. The Bertz CT molecular complexity index is 573. The number of rotatable bonds is 8. The molecular weight excluding hydrogens is 475 g/mol. The molecule has 5 nitrogen and oxygen atoms in total. The van der Waals surface area contributed by atoms with Gasteiger partial charge in [0.25, 0.3) is 0 Å². The smallest absolute Gasteiger partial charge is 0.191 e. The molecule has 0 aromatic heterocycles. The lowest BCUT2D eigenvalue weighted by Crippen LogP contribution is -2.40. The topological polar surface area (TPSA) is 48.9 Å². The molecular formula is C20H34ClIN4O. The van der Waals surface area contributed by atoms with Crippen molar-refractivity contribution in [2.75, 3.05) is 46.9 Å². The van der Waals surface area contributed by atoms with Gasteiger partial charge in [0.1, 0.15) is 0 Å². The zero-order chi connectivity index (χ0) is 18.8. The lowest BCUT2D eigenvalue weighted by molar-refractivity contribution is 0.125. The molecule has 0 aliphatic carbocycles. The van der Waals surface area contributed by atoms with E-state index in [1.807, 2.05) is 12.1 Å². The summed E-state index contributed by atoms with van der Waals surface area (Å²) in [6.07, 6.45) is 3.37. The standard InChI is InChI=1S/C20H33ClN4O.HI/c1-4-22-20(23-11-7-13-26-3)24-15-17-9-6-12-25(2)19(17)16-8-5-10-18(21)14-16;/h5,8,10,14,17,19H,4,6-7,9,11-13,15H2,1-3H3,(H2,22,23,24);1H. The third kappa shape index (κ3) is 8.13. The second-order valence-corrected chi connectivity index (χ2v) is 7.31. The van der Waals surface area contributed by atoms with Crippen molar-refractivity contribution in [3.05, 3.63) is 34.9 Å². The Morgan fingerprint density at radius 2 is 2.19 bits per heavy atom. The number of hydrogen-bond donors (Lipinski definition) is 2. The fourth-order valence-electron chi connectivity index (χ4n) is 3.64. The number of halogens is 2. The molecule has 7 heteroatoms. The second-order valence-electron chi connectivity index (χ2n) is 6.88. The van der Waals surface area contributed by atoms with Gasteiger partial charge in [-0.25, -0.2) is 0 Å². The second kappa shape index (κ2) is 13.6. The predicted octanol–water partition coefficient (Wildman–Crippen LogP) is 3.93. The quantitative estimate of drug-likeness (QED) is 0.242. The highest BCUT2D eigenvalue weighted by Gasteiger charge is 2.30. The molecule has 1 aliphatic rings. The largest absolute Gasteiger partial charge is 0.385 e. The van der Waals surface area contributed by atoms with Crippen molar-refractivity contribution >= 4 is 41.5 Å². The molecule has 1 aliphatic heterocycles. The van der Waals surface area contributed by atoms with Gasteiger partial charge in [-0.15, -0.1) is 24.0 Å². The number of guanidine groups is 1. The monoisotopic (exact) mass is 508 g/mol. The highest BCUT2D eigenvalue weighted by atomic mass is 127. The molecule has 154 valence electrons. The van der Waals surface area contributed by atoms with Gasteiger partial charge in [-0.3, -0.25) is 9.89 Å². The van der Waals surface area contributed by atoms with Gasteiger partial charge in [0, 0.05) is 44.4 Å². The van der Waals surface area contributed by atoms with Gasteiger partial charge in [-0.1, -0.05) is 23.7 Å². The van der Waals surface area contributed by atoms with E-state index in [1.54, 1.807) is 7.11 Å². The molecule has 27 heavy (non-hydrogen) atoms. The number of ether oxygens (including phenoxy) is 1. The van der Waals surface area contributed by atoms with Crippen molar-refractivity contribution in [3.8, 4) is 0 Å². The first-order valence-electron chi connectivity index (χ1n) is 9.62. The van der Waals surface area contributed by atoms with Gasteiger partial charge in [0.15, 0.2) is 5.96 Å². The van der Waals surface area contributed by atoms with E-state index in [9.17, 15) is 0 Å². The van der Waals surface area contributed by atoms with Crippen LogP contribution in [0.25, 0.3) is 0 Å². The van der Waals surface area contributed by atoms with Gasteiger partial charge in [-0.2, -0.15) is 0 Å². The normalized spacial score (nSPS) is 20.8. The average Bonchev–Trinajstić information content (AvgIpc) is 2.63. The van der Waals surface area contributed by atoms with Crippen molar-refractivity contribution < 1.29 is 4.74 Å². The van der Waals surface area contributed by atoms with Crippen molar-refractivity contribution in [2.24, 2.45) is 10.9 Å². The van der Waals surface area contributed by atoms with Crippen LogP contribution < -0.4 is 10.6 Å². The minimum absolute atomic E-state index is 0. The van der Waals surface area contributed by atoms with Crippen LogP contribution in [-0.4, -0.2) is 57.8 Å². The predicted molar refractivity (Wildman–Crippen MR) is 125 cm³/mol. The van der Waals surface area contributed by atoms with Crippen LogP contribution in [-0.2, 0) is 4.74 Å². The SMILES string of the molecule is CCNC(=NCC1CCCN(C)C1c1cccc(Cl)c1)NCCCOC.I. The molecule has 0 spiro atoms. The lowest BCUT2D eigenvalue weighted by Gasteiger charge is -2.39. The maximum Gasteiger partial charge on any atom is 0.191 e. The van der Waals surface area contributed by atoms with Crippen LogP contribution in [0.4, 0.5) is 0 Å². The average molecular weight is 509 g/mol. The van der Waals surface area contributed by atoms with Crippen LogP contribution in [0.3, 0.4) is 0 Å². The summed E-state index contributed by atoms with van der Waals surface area (Å²) in [6, 6.07) is 8.63. The third-order valence-electron chi connectivity index (χ3n) is 4.84. The number of nitrogens with zero attached hydrogens (tertiary/aromatic N) is 2. The highest BCUT2D eigenvalue weighted by Crippen LogP contribution is 2.36. The molecule has 1 aromatic rings. The summed E-state index contributed by atoms with van der Waals surface area (Å²) in [5, 5.41) is 7.53. The first kappa shape index (κ1) is 24.5. The molecule has 0 bridgehead atoms. The van der Waals surface area contributed by atoms with E-state index >= 15 is 0 Å². The molecule has 1 saturated heterocycles.